The van der Waals surface area contributed by atoms with Gasteiger partial charge in [-0.3, -0.25) is 15.1 Å². The van der Waals surface area contributed by atoms with Gasteiger partial charge in [0.2, 0.25) is 0 Å². The molecule has 2 heterocycles. The summed E-state index contributed by atoms with van der Waals surface area (Å²) in [6.45, 7) is 3.81. The summed E-state index contributed by atoms with van der Waals surface area (Å²) in [5, 5.41) is 8.53. The molecule has 1 aliphatic rings. The molecule has 1 atom stereocenters. The van der Waals surface area contributed by atoms with Crippen LogP contribution in [0.5, 0.6) is 5.75 Å². The summed E-state index contributed by atoms with van der Waals surface area (Å²) in [4.78, 5) is 14.7. The molecule has 1 fully saturated rings. The first-order valence-electron chi connectivity index (χ1n) is 7.49. The molecular weight excluding hydrogens is 290 g/mol. The molecule has 0 radical (unpaired) electrons. The van der Waals surface area contributed by atoms with Gasteiger partial charge in [-0.1, -0.05) is 6.07 Å². The minimum absolute atomic E-state index is 0.0960. The summed E-state index contributed by atoms with van der Waals surface area (Å²) in [5.41, 5.74) is 0.471. The Morgan fingerprint density at radius 3 is 2.30 bits per heavy atom. The summed E-state index contributed by atoms with van der Waals surface area (Å²) >= 11 is 0. The topological polar surface area (TPSA) is 57.3 Å². The maximum Gasteiger partial charge on any atom is 0.303 e. The van der Waals surface area contributed by atoms with Gasteiger partial charge in [-0.05, 0) is 38.1 Å². The van der Waals surface area contributed by atoms with Crippen LogP contribution >= 0.6 is 0 Å². The lowest BCUT2D eigenvalue weighted by Crippen LogP contribution is -2.46. The smallest absolute Gasteiger partial charge is 0.303 e. The summed E-state index contributed by atoms with van der Waals surface area (Å²) in [6, 6.07) is 12.4. The number of nitrogens with zero attached hydrogens (tertiary/aromatic N) is 2. The number of benzene rings is 1. The lowest BCUT2D eigenvalue weighted by atomic mass is 9.96. The fourth-order valence-corrected chi connectivity index (χ4v) is 3.02. The molecule has 5 nitrogen and oxygen atoms in total. The second-order valence-corrected chi connectivity index (χ2v) is 6.07. The van der Waals surface area contributed by atoms with E-state index in [9.17, 15) is 4.79 Å². The van der Waals surface area contributed by atoms with Gasteiger partial charge in [-0.2, -0.15) is 4.57 Å². The zero-order chi connectivity index (χ0) is 16.6. The van der Waals surface area contributed by atoms with E-state index in [4.69, 9.17) is 10.1 Å². The lowest BCUT2D eigenvalue weighted by Gasteiger charge is -2.30. The molecule has 0 saturated carbocycles. The Bertz CT molecular complexity index is 739. The van der Waals surface area contributed by atoms with E-state index in [2.05, 4.69) is 0 Å². The first-order chi connectivity index (χ1) is 11.0. The Morgan fingerprint density at radius 1 is 1.13 bits per heavy atom. The number of ether oxygens (including phenoxy) is 1. The van der Waals surface area contributed by atoms with Crippen molar-refractivity contribution in [3.63, 3.8) is 0 Å². The summed E-state index contributed by atoms with van der Waals surface area (Å²) in [6.07, 6.45) is 3.65. The van der Waals surface area contributed by atoms with Crippen molar-refractivity contribution in [2.24, 2.45) is 0 Å². The number of amides is 1. The van der Waals surface area contributed by atoms with Crippen LogP contribution in [0.3, 0.4) is 0 Å². The molecule has 1 unspecified atom stereocenters. The van der Waals surface area contributed by atoms with Crippen molar-refractivity contribution >= 4 is 17.3 Å². The third-order valence-corrected chi connectivity index (χ3v) is 4.31. The van der Waals surface area contributed by atoms with E-state index >= 15 is 0 Å². The standard InChI is InChI=1S/C18H20N3O2/c1-18(2)16(19)15(20-11-5-4-6-12-20)17(22)21(18)13-7-9-14(23-3)10-8-13/h4-12,15,19H,1-3H3/q+1. The molecular formula is C18H20N3O2+. The van der Waals surface area contributed by atoms with Crippen molar-refractivity contribution in [2.45, 2.75) is 25.4 Å². The van der Waals surface area contributed by atoms with Crippen LogP contribution in [0.25, 0.3) is 0 Å². The SMILES string of the molecule is COc1ccc(N2C(=O)C([n+]3ccccc3)C(=N)C2(C)C)cc1. The highest BCUT2D eigenvalue weighted by Gasteiger charge is 2.55. The highest BCUT2D eigenvalue weighted by molar-refractivity contribution is 6.22. The number of aromatic nitrogens is 1. The summed E-state index contributed by atoms with van der Waals surface area (Å²) in [7, 11) is 1.61. The predicted octanol–water partition coefficient (Wildman–Crippen LogP) is 2.37. The van der Waals surface area contributed by atoms with Gasteiger partial charge in [-0.25, -0.2) is 0 Å². The number of hydrogen-bond acceptors (Lipinski definition) is 3. The van der Waals surface area contributed by atoms with E-state index in [0.717, 1.165) is 11.4 Å². The number of anilines is 1. The van der Waals surface area contributed by atoms with E-state index in [0.29, 0.717) is 5.71 Å². The monoisotopic (exact) mass is 310 g/mol. The van der Waals surface area contributed by atoms with Crippen molar-refractivity contribution in [1.82, 2.24) is 0 Å². The molecule has 1 amide bonds. The van der Waals surface area contributed by atoms with Crippen LogP contribution in [0, 0.1) is 5.41 Å². The molecule has 1 saturated heterocycles. The van der Waals surface area contributed by atoms with Gasteiger partial charge in [0.25, 0.3) is 6.04 Å². The Hall–Kier alpha value is -2.69. The van der Waals surface area contributed by atoms with E-state index < -0.39 is 11.6 Å². The predicted molar refractivity (Wildman–Crippen MR) is 88.0 cm³/mol. The van der Waals surface area contributed by atoms with Gasteiger partial charge in [-0.15, -0.1) is 0 Å². The van der Waals surface area contributed by atoms with E-state index in [-0.39, 0.29) is 5.91 Å². The van der Waals surface area contributed by atoms with Crippen LogP contribution in [0.1, 0.15) is 19.9 Å². The molecule has 1 aromatic heterocycles. The van der Waals surface area contributed by atoms with Gasteiger partial charge >= 0.3 is 5.91 Å². The second kappa shape index (κ2) is 5.50. The number of rotatable bonds is 3. The average molecular weight is 310 g/mol. The molecule has 3 rings (SSSR count). The largest absolute Gasteiger partial charge is 0.497 e. The van der Waals surface area contributed by atoms with Gasteiger partial charge in [0, 0.05) is 17.8 Å². The molecule has 2 aromatic rings. The van der Waals surface area contributed by atoms with E-state index in [1.165, 1.54) is 0 Å². The molecule has 118 valence electrons. The van der Waals surface area contributed by atoms with E-state index in [1.54, 1.807) is 16.6 Å². The third kappa shape index (κ3) is 2.38. The maximum absolute atomic E-state index is 13.0. The highest BCUT2D eigenvalue weighted by atomic mass is 16.5. The van der Waals surface area contributed by atoms with Crippen molar-refractivity contribution in [3.05, 3.63) is 54.9 Å². The second-order valence-electron chi connectivity index (χ2n) is 6.07. The van der Waals surface area contributed by atoms with Gasteiger partial charge in [0.05, 0.1) is 12.6 Å². The van der Waals surface area contributed by atoms with Crippen molar-refractivity contribution < 1.29 is 14.1 Å². The first-order valence-corrected chi connectivity index (χ1v) is 7.49. The Balaban J connectivity index is 2.03. The van der Waals surface area contributed by atoms with Crippen LogP contribution in [0.4, 0.5) is 5.69 Å². The molecule has 1 N–H and O–H groups in total. The Labute approximate surface area is 135 Å². The summed E-state index contributed by atoms with van der Waals surface area (Å²) in [5.74, 6) is 0.642. The zero-order valence-corrected chi connectivity index (χ0v) is 13.5. The fraction of sp³-hybridized carbons (Fsp3) is 0.278. The maximum atomic E-state index is 13.0. The normalized spacial score (nSPS) is 20.0. The minimum Gasteiger partial charge on any atom is -0.497 e. The quantitative estimate of drug-likeness (QED) is 0.885. The Kier molecular flexibility index (Phi) is 3.64. The number of pyridine rings is 1. The molecule has 23 heavy (non-hydrogen) atoms. The molecule has 0 spiro atoms. The molecule has 0 bridgehead atoms. The molecule has 1 aromatic carbocycles. The van der Waals surface area contributed by atoms with Crippen LogP contribution in [-0.4, -0.2) is 24.3 Å². The van der Waals surface area contributed by atoms with Crippen molar-refractivity contribution in [3.8, 4) is 5.75 Å². The number of nitrogens with one attached hydrogen (secondary N) is 1. The van der Waals surface area contributed by atoms with Gasteiger partial charge in [0.15, 0.2) is 12.4 Å². The molecule has 0 aliphatic carbocycles. The molecule has 1 aliphatic heterocycles. The minimum atomic E-state index is -0.681. The number of carbonyl (C=O) groups is 1. The number of hydrogen-bond donors (Lipinski definition) is 1. The zero-order valence-electron chi connectivity index (χ0n) is 13.5. The van der Waals surface area contributed by atoms with Crippen LogP contribution in [0.2, 0.25) is 0 Å². The van der Waals surface area contributed by atoms with Crippen LogP contribution in [0.15, 0.2) is 54.9 Å². The number of methoxy groups -OCH3 is 1. The van der Waals surface area contributed by atoms with Crippen LogP contribution < -0.4 is 14.2 Å². The first kappa shape index (κ1) is 15.2. The fourth-order valence-electron chi connectivity index (χ4n) is 3.02. The van der Waals surface area contributed by atoms with E-state index in [1.807, 2.05) is 68.7 Å². The number of carbonyl (C=O) groups excluding carboxylic acids is 1. The Morgan fingerprint density at radius 2 is 1.74 bits per heavy atom. The summed E-state index contributed by atoms with van der Waals surface area (Å²) < 4.78 is 6.96. The average Bonchev–Trinajstić information content (AvgIpc) is 2.74. The van der Waals surface area contributed by atoms with Crippen LogP contribution in [-0.2, 0) is 4.79 Å². The van der Waals surface area contributed by atoms with Crippen molar-refractivity contribution in [2.75, 3.05) is 12.0 Å². The lowest BCUT2D eigenvalue weighted by molar-refractivity contribution is -0.693. The highest BCUT2D eigenvalue weighted by Crippen LogP contribution is 2.36. The van der Waals surface area contributed by atoms with Crippen molar-refractivity contribution in [1.29, 1.82) is 5.41 Å². The molecule has 5 heteroatoms. The van der Waals surface area contributed by atoms with Gasteiger partial charge in [0.1, 0.15) is 11.5 Å². The third-order valence-electron chi connectivity index (χ3n) is 4.31. The van der Waals surface area contributed by atoms with Gasteiger partial charge < -0.3 is 4.74 Å².